The topological polar surface area (TPSA) is 72.2 Å². The minimum atomic E-state index is -1.17. The first kappa shape index (κ1) is 11.0. The third-order valence-electron chi connectivity index (χ3n) is 1.59. The van der Waals surface area contributed by atoms with Crippen molar-refractivity contribution in [2.75, 3.05) is 0 Å². The number of carboxylic acid groups (broad SMARTS) is 1. The molecule has 0 saturated carbocycles. The van der Waals surface area contributed by atoms with Crippen LogP contribution in [0.1, 0.15) is 13.0 Å². The summed E-state index contributed by atoms with van der Waals surface area (Å²) in [6.45, 7) is 1.32. The van der Waals surface area contributed by atoms with Crippen molar-refractivity contribution in [3.63, 3.8) is 0 Å². The summed E-state index contributed by atoms with van der Waals surface area (Å²) < 4.78 is 0.760. The van der Waals surface area contributed by atoms with Crippen LogP contribution in [0.3, 0.4) is 0 Å². The number of carboxylic acids is 1. The number of nitrogens with zero attached hydrogens (tertiary/aromatic N) is 2. The SMILES string of the molecule is CC(C(=O)O)n1nc(Cl)c(Cl)cc1=O. The smallest absolute Gasteiger partial charge is 0.328 e. The van der Waals surface area contributed by atoms with Gasteiger partial charge in [0, 0.05) is 6.07 Å². The first-order valence-electron chi connectivity index (χ1n) is 3.61. The standard InChI is InChI=1S/C7H6Cl2N2O3/c1-3(7(13)14)11-5(12)2-4(8)6(9)10-11/h2-3H,1H3,(H,13,14). The van der Waals surface area contributed by atoms with Crippen molar-refractivity contribution < 1.29 is 9.90 Å². The van der Waals surface area contributed by atoms with Gasteiger partial charge in [0.05, 0.1) is 5.02 Å². The van der Waals surface area contributed by atoms with E-state index in [1.807, 2.05) is 0 Å². The second-order valence-corrected chi connectivity index (χ2v) is 3.35. The van der Waals surface area contributed by atoms with Crippen LogP contribution in [0.25, 0.3) is 0 Å². The fourth-order valence-electron chi connectivity index (χ4n) is 0.808. The highest BCUT2D eigenvalue weighted by Crippen LogP contribution is 2.16. The van der Waals surface area contributed by atoms with Crippen LogP contribution in [0.2, 0.25) is 10.2 Å². The van der Waals surface area contributed by atoms with E-state index in [9.17, 15) is 9.59 Å². The largest absolute Gasteiger partial charge is 0.480 e. The van der Waals surface area contributed by atoms with Crippen molar-refractivity contribution in [1.82, 2.24) is 9.78 Å². The normalized spacial score (nSPS) is 12.5. The van der Waals surface area contributed by atoms with E-state index in [4.69, 9.17) is 28.3 Å². The predicted octanol–water partition coefficient (Wildman–Crippen LogP) is 1.20. The van der Waals surface area contributed by atoms with Crippen LogP contribution in [0, 0.1) is 0 Å². The summed E-state index contributed by atoms with van der Waals surface area (Å²) in [5.74, 6) is -1.17. The Balaban J connectivity index is 3.29. The molecule has 7 heteroatoms. The summed E-state index contributed by atoms with van der Waals surface area (Å²) >= 11 is 11.1. The Morgan fingerprint density at radius 3 is 2.71 bits per heavy atom. The van der Waals surface area contributed by atoms with E-state index in [2.05, 4.69) is 5.10 Å². The molecule has 0 aromatic carbocycles. The monoisotopic (exact) mass is 236 g/mol. The summed E-state index contributed by atoms with van der Waals surface area (Å²) in [6, 6.07) is -0.0478. The van der Waals surface area contributed by atoms with Crippen molar-refractivity contribution in [2.24, 2.45) is 0 Å². The van der Waals surface area contributed by atoms with Crippen LogP contribution in [-0.2, 0) is 4.79 Å². The predicted molar refractivity (Wildman–Crippen MR) is 50.9 cm³/mol. The number of hydrogen-bond acceptors (Lipinski definition) is 3. The highest BCUT2D eigenvalue weighted by molar-refractivity contribution is 6.41. The van der Waals surface area contributed by atoms with E-state index in [1.54, 1.807) is 0 Å². The summed E-state index contributed by atoms with van der Waals surface area (Å²) in [7, 11) is 0. The van der Waals surface area contributed by atoms with Crippen molar-refractivity contribution in [3.05, 3.63) is 26.6 Å². The molecule has 1 aromatic heterocycles. The van der Waals surface area contributed by atoms with Gasteiger partial charge in [0.15, 0.2) is 11.2 Å². The quantitative estimate of drug-likeness (QED) is 0.838. The summed E-state index contributed by atoms with van der Waals surface area (Å²) in [5.41, 5.74) is -0.602. The molecular formula is C7H6Cl2N2O3. The minimum Gasteiger partial charge on any atom is -0.480 e. The number of carbonyl (C=O) groups is 1. The van der Waals surface area contributed by atoms with Crippen LogP contribution in [0.4, 0.5) is 0 Å². The summed E-state index contributed by atoms with van der Waals surface area (Å²) in [5, 5.41) is 12.1. The molecule has 0 radical (unpaired) electrons. The average Bonchev–Trinajstić information content (AvgIpc) is 2.10. The molecule has 1 aromatic rings. The summed E-state index contributed by atoms with van der Waals surface area (Å²) in [6.07, 6.45) is 0. The molecular weight excluding hydrogens is 231 g/mol. The van der Waals surface area contributed by atoms with E-state index in [0.29, 0.717) is 0 Å². The number of halogens is 2. The van der Waals surface area contributed by atoms with Crippen molar-refractivity contribution in [3.8, 4) is 0 Å². The lowest BCUT2D eigenvalue weighted by atomic mass is 10.3. The highest BCUT2D eigenvalue weighted by atomic mass is 35.5. The van der Waals surface area contributed by atoms with E-state index in [1.165, 1.54) is 6.92 Å². The molecule has 0 saturated heterocycles. The third kappa shape index (κ3) is 2.05. The highest BCUT2D eigenvalue weighted by Gasteiger charge is 2.17. The van der Waals surface area contributed by atoms with Gasteiger partial charge in [-0.2, -0.15) is 5.10 Å². The van der Waals surface area contributed by atoms with Crippen LogP contribution >= 0.6 is 23.2 Å². The maximum atomic E-state index is 11.2. The van der Waals surface area contributed by atoms with Crippen LogP contribution in [0.5, 0.6) is 0 Å². The molecule has 0 aliphatic heterocycles. The molecule has 1 rings (SSSR count). The zero-order chi connectivity index (χ0) is 10.9. The Morgan fingerprint density at radius 2 is 2.21 bits per heavy atom. The molecule has 0 spiro atoms. The van der Waals surface area contributed by atoms with Gasteiger partial charge in [-0.25, -0.2) is 9.48 Å². The van der Waals surface area contributed by atoms with E-state index in [-0.39, 0.29) is 10.2 Å². The second kappa shape index (κ2) is 3.98. The Labute approximate surface area is 88.9 Å². The minimum absolute atomic E-state index is 0.00510. The van der Waals surface area contributed by atoms with Crippen LogP contribution in [-0.4, -0.2) is 20.9 Å². The maximum absolute atomic E-state index is 11.2. The van der Waals surface area contributed by atoms with E-state index < -0.39 is 17.6 Å². The van der Waals surface area contributed by atoms with Crippen LogP contribution < -0.4 is 5.56 Å². The van der Waals surface area contributed by atoms with E-state index >= 15 is 0 Å². The van der Waals surface area contributed by atoms with Gasteiger partial charge in [0.25, 0.3) is 5.56 Å². The van der Waals surface area contributed by atoms with Gasteiger partial charge in [-0.1, -0.05) is 23.2 Å². The zero-order valence-electron chi connectivity index (χ0n) is 7.07. The maximum Gasteiger partial charge on any atom is 0.328 e. The molecule has 0 fully saturated rings. The molecule has 5 nitrogen and oxygen atoms in total. The lowest BCUT2D eigenvalue weighted by molar-refractivity contribution is -0.140. The van der Waals surface area contributed by atoms with Gasteiger partial charge >= 0.3 is 5.97 Å². The first-order valence-corrected chi connectivity index (χ1v) is 4.36. The van der Waals surface area contributed by atoms with Gasteiger partial charge in [-0.3, -0.25) is 4.79 Å². The lowest BCUT2D eigenvalue weighted by Crippen LogP contribution is -2.29. The third-order valence-corrected chi connectivity index (χ3v) is 2.26. The Hall–Kier alpha value is -1.07. The molecule has 76 valence electrons. The van der Waals surface area contributed by atoms with Gasteiger partial charge in [0.2, 0.25) is 0 Å². The Morgan fingerprint density at radius 1 is 1.64 bits per heavy atom. The second-order valence-electron chi connectivity index (χ2n) is 2.58. The number of rotatable bonds is 2. The average molecular weight is 237 g/mol. The Bertz CT molecular complexity index is 429. The number of aromatic nitrogens is 2. The molecule has 1 N–H and O–H groups in total. The molecule has 0 bridgehead atoms. The van der Waals surface area contributed by atoms with Gasteiger partial charge < -0.3 is 5.11 Å². The molecule has 0 aliphatic carbocycles. The fourth-order valence-corrected chi connectivity index (χ4v) is 1.07. The number of aliphatic carboxylic acids is 1. The molecule has 1 heterocycles. The molecule has 1 unspecified atom stereocenters. The lowest BCUT2D eigenvalue weighted by Gasteiger charge is -2.08. The molecule has 0 aliphatic rings. The number of hydrogen-bond donors (Lipinski definition) is 1. The van der Waals surface area contributed by atoms with Crippen molar-refractivity contribution >= 4 is 29.2 Å². The van der Waals surface area contributed by atoms with Crippen LogP contribution in [0.15, 0.2) is 10.9 Å². The van der Waals surface area contributed by atoms with Crippen molar-refractivity contribution in [1.29, 1.82) is 0 Å². The zero-order valence-corrected chi connectivity index (χ0v) is 8.58. The van der Waals surface area contributed by atoms with Gasteiger partial charge in [-0.15, -0.1) is 0 Å². The van der Waals surface area contributed by atoms with E-state index in [0.717, 1.165) is 10.7 Å². The first-order chi connectivity index (χ1) is 6.43. The fraction of sp³-hybridized carbons (Fsp3) is 0.286. The summed E-state index contributed by atoms with van der Waals surface area (Å²) in [4.78, 5) is 21.8. The van der Waals surface area contributed by atoms with Gasteiger partial charge in [0.1, 0.15) is 0 Å². The van der Waals surface area contributed by atoms with Crippen molar-refractivity contribution in [2.45, 2.75) is 13.0 Å². The molecule has 14 heavy (non-hydrogen) atoms. The van der Waals surface area contributed by atoms with Gasteiger partial charge in [-0.05, 0) is 6.92 Å². The Kier molecular flexibility index (Phi) is 3.13. The molecule has 0 amide bonds. The molecule has 1 atom stereocenters.